The van der Waals surface area contributed by atoms with E-state index < -0.39 is 8.41 Å². The largest absolute Gasteiger partial charge is 1.00 e. The van der Waals surface area contributed by atoms with Gasteiger partial charge in [0.05, 0.1) is 20.7 Å². The zero-order valence-electron chi connectivity index (χ0n) is 16.6. The molecule has 5 heteroatoms. The van der Waals surface area contributed by atoms with Crippen LogP contribution in [0.4, 0.5) is 4.11 Å². The van der Waals surface area contributed by atoms with Crippen molar-refractivity contribution in [2.45, 2.75) is 58.2 Å². The fourth-order valence-corrected chi connectivity index (χ4v) is 8.28. The number of aliphatic hydroxyl groups is 1. The molecule has 0 spiro atoms. The van der Waals surface area contributed by atoms with Crippen molar-refractivity contribution in [3.63, 3.8) is 0 Å². The van der Waals surface area contributed by atoms with E-state index in [9.17, 15) is 0 Å². The maximum absolute atomic E-state index is 16.2. The Labute approximate surface area is 159 Å². The Morgan fingerprint density at radius 3 is 1.71 bits per heavy atom. The van der Waals surface area contributed by atoms with Gasteiger partial charge in [0.15, 0.2) is 0 Å². The van der Waals surface area contributed by atoms with E-state index in [1.165, 1.54) is 5.56 Å². The minimum atomic E-state index is -3.17. The summed E-state index contributed by atoms with van der Waals surface area (Å²) in [6, 6.07) is 8.12. The fraction of sp³-hybridized carbons (Fsp3) is 0.684. The van der Waals surface area contributed by atoms with E-state index in [1.807, 2.05) is 53.7 Å². The number of halogens is 2. The summed E-state index contributed by atoms with van der Waals surface area (Å²) in [6.07, 6.45) is 0. The number of likely N-dealkylation sites (N-methyl/N-ethyl adjacent to an activating group) is 1. The number of hydrogen-bond acceptors (Lipinski definition) is 1. The Morgan fingerprint density at radius 1 is 0.958 bits per heavy atom. The molecule has 24 heavy (non-hydrogen) atoms. The monoisotopic (exact) mass is 418 g/mol. The lowest BCUT2D eigenvalue weighted by Gasteiger charge is -2.45. The highest BCUT2D eigenvalue weighted by molar-refractivity contribution is 6.90. The van der Waals surface area contributed by atoms with E-state index >= 15 is 4.11 Å². The number of nitrogens with zero attached hydrogens (tertiary/aromatic N) is 1. The first kappa shape index (κ1) is 23.8. The molecule has 1 rings (SSSR count). The van der Waals surface area contributed by atoms with Crippen LogP contribution in [0.5, 0.6) is 0 Å². The first-order valence-corrected chi connectivity index (χ1v) is 10.3. The summed E-state index contributed by atoms with van der Waals surface area (Å²) in [5, 5.41) is 9.34. The molecule has 0 aliphatic heterocycles. The number of rotatable bonds is 5. The topological polar surface area (TPSA) is 20.2 Å². The van der Waals surface area contributed by atoms with Crippen LogP contribution < -0.4 is 22.2 Å². The standard InChI is InChI=1S/C19H35FNOSi.BrH/c1-18(2,3)23(20,19(4,5)6)17-11-9-16(10-12-17)15-21(7,8)13-14-22;/h9-12,22H,13-15H2,1-8H3;1H/q+1;/p-1/i20-1;. The third kappa shape index (κ3) is 5.13. The Bertz CT molecular complexity index is 504. The Kier molecular flexibility index (Phi) is 7.90. The second-order valence-electron chi connectivity index (χ2n) is 9.40. The molecule has 0 amide bonds. The molecule has 1 N–H and O–H groups in total. The lowest BCUT2D eigenvalue weighted by atomic mass is 10.2. The van der Waals surface area contributed by atoms with Crippen LogP contribution in [0.3, 0.4) is 0 Å². The molecule has 0 aromatic heterocycles. The predicted molar refractivity (Wildman–Crippen MR) is 100 cm³/mol. The third-order valence-electron chi connectivity index (χ3n) is 4.73. The van der Waals surface area contributed by atoms with Crippen molar-refractivity contribution < 1.29 is 30.7 Å². The van der Waals surface area contributed by atoms with Crippen LogP contribution in [0.1, 0.15) is 47.1 Å². The van der Waals surface area contributed by atoms with Gasteiger partial charge in [0.25, 0.3) is 8.41 Å². The summed E-state index contributed by atoms with van der Waals surface area (Å²) in [5.74, 6) is 0. The molecule has 1 aromatic carbocycles. The van der Waals surface area contributed by atoms with Crippen LogP contribution >= 0.6 is 0 Å². The van der Waals surface area contributed by atoms with Gasteiger partial charge in [-0.25, -0.2) is 0 Å². The van der Waals surface area contributed by atoms with Crippen LogP contribution in [0.15, 0.2) is 24.3 Å². The van der Waals surface area contributed by atoms with Gasteiger partial charge < -0.3 is 30.7 Å². The highest BCUT2D eigenvalue weighted by Crippen LogP contribution is 2.51. The fourth-order valence-electron chi connectivity index (χ4n) is 3.67. The Morgan fingerprint density at radius 2 is 1.38 bits per heavy atom. The summed E-state index contributed by atoms with van der Waals surface area (Å²) in [7, 11) is 1.03. The van der Waals surface area contributed by atoms with Gasteiger partial charge in [-0.15, -0.1) is 0 Å². The quantitative estimate of drug-likeness (QED) is 0.429. The molecular weight excluding hydrogens is 384 g/mol. The average Bonchev–Trinajstić information content (AvgIpc) is 2.35. The first-order chi connectivity index (χ1) is 10.2. The van der Waals surface area contributed by atoms with Gasteiger partial charge in [0.2, 0.25) is 0 Å². The van der Waals surface area contributed by atoms with Crippen LogP contribution in [-0.4, -0.2) is 45.2 Å². The van der Waals surface area contributed by atoms with E-state index in [-0.39, 0.29) is 33.7 Å². The average molecular weight is 419 g/mol. The van der Waals surface area contributed by atoms with E-state index in [4.69, 9.17) is 5.11 Å². The molecule has 0 atom stereocenters. The molecule has 0 unspecified atom stereocenters. The summed E-state index contributed by atoms with van der Waals surface area (Å²) in [4.78, 5) is 0. The molecule has 140 valence electrons. The first-order valence-electron chi connectivity index (χ1n) is 8.46. The SMILES string of the molecule is CC(C)(C)[Si]([18F])(c1ccc(C[N+](C)(C)CCO)cc1)C(C)(C)C.[Br-]. The lowest BCUT2D eigenvalue weighted by molar-refractivity contribution is -0.903. The van der Waals surface area contributed by atoms with Crippen LogP contribution in [0.2, 0.25) is 10.1 Å². The van der Waals surface area contributed by atoms with Gasteiger partial charge in [0, 0.05) is 5.56 Å². The van der Waals surface area contributed by atoms with Crippen molar-refractivity contribution >= 4 is 13.6 Å². The maximum Gasteiger partial charge on any atom is 0.288 e. The molecular formula is C19H35BrFNOSi. The second kappa shape index (κ2) is 7.98. The molecule has 0 bridgehead atoms. The second-order valence-corrected chi connectivity index (χ2v) is 14.3. The summed E-state index contributed by atoms with van der Waals surface area (Å²) >= 11 is 0. The van der Waals surface area contributed by atoms with Gasteiger partial charge in [0.1, 0.15) is 13.1 Å². The molecule has 0 fully saturated rings. The Hall–Kier alpha value is -0.233. The van der Waals surface area contributed by atoms with Gasteiger partial charge in [-0.1, -0.05) is 65.8 Å². The number of benzene rings is 1. The smallest absolute Gasteiger partial charge is 0.288 e. The predicted octanol–water partition coefficient (Wildman–Crippen LogP) is 0.982. The van der Waals surface area contributed by atoms with Crippen molar-refractivity contribution in [2.75, 3.05) is 27.2 Å². The zero-order chi connectivity index (χ0) is 18.1. The van der Waals surface area contributed by atoms with Gasteiger partial charge in [-0.05, 0) is 15.3 Å². The molecule has 0 aliphatic carbocycles. The molecule has 0 heterocycles. The molecule has 2 nitrogen and oxygen atoms in total. The summed E-state index contributed by atoms with van der Waals surface area (Å²) in [6.45, 7) is 13.9. The van der Waals surface area contributed by atoms with E-state index in [2.05, 4.69) is 26.2 Å². The zero-order valence-corrected chi connectivity index (χ0v) is 19.2. The molecule has 0 radical (unpaired) electrons. The highest BCUT2D eigenvalue weighted by Gasteiger charge is 2.56. The molecule has 0 aliphatic rings. The van der Waals surface area contributed by atoms with Crippen LogP contribution in [0, 0.1) is 0 Å². The number of quaternary nitrogens is 1. The van der Waals surface area contributed by atoms with E-state index in [0.717, 1.165) is 16.2 Å². The van der Waals surface area contributed by atoms with E-state index in [1.54, 1.807) is 0 Å². The van der Waals surface area contributed by atoms with Crippen molar-refractivity contribution in [2.24, 2.45) is 0 Å². The third-order valence-corrected chi connectivity index (χ3v) is 10.00. The van der Waals surface area contributed by atoms with Gasteiger partial charge in [-0.3, -0.25) is 0 Å². The highest BCUT2D eigenvalue weighted by atomic mass is 79.9. The lowest BCUT2D eigenvalue weighted by Crippen LogP contribution is -3.00. The normalized spacial score (nSPS) is 13.6. The number of aliphatic hydroxyl groups excluding tert-OH is 1. The van der Waals surface area contributed by atoms with E-state index in [0.29, 0.717) is 6.54 Å². The summed E-state index contributed by atoms with van der Waals surface area (Å²) < 4.78 is 17.0. The van der Waals surface area contributed by atoms with Crippen molar-refractivity contribution in [1.29, 1.82) is 0 Å². The van der Waals surface area contributed by atoms with Gasteiger partial charge in [-0.2, -0.15) is 0 Å². The minimum Gasteiger partial charge on any atom is -1.00 e. The van der Waals surface area contributed by atoms with Crippen LogP contribution in [-0.2, 0) is 6.54 Å². The molecule has 1 aromatic rings. The molecule has 0 saturated carbocycles. The van der Waals surface area contributed by atoms with Crippen LogP contribution in [0.25, 0.3) is 0 Å². The van der Waals surface area contributed by atoms with Crippen molar-refractivity contribution in [3.8, 4) is 0 Å². The van der Waals surface area contributed by atoms with Gasteiger partial charge >= 0.3 is 0 Å². The van der Waals surface area contributed by atoms with Crippen molar-refractivity contribution in [1.82, 2.24) is 0 Å². The Balaban J connectivity index is 0.00000529. The van der Waals surface area contributed by atoms with Crippen molar-refractivity contribution in [3.05, 3.63) is 29.8 Å². The minimum absolute atomic E-state index is 0. The maximum atomic E-state index is 16.2. The number of hydrogen-bond donors (Lipinski definition) is 1. The molecule has 0 saturated heterocycles. The summed E-state index contributed by atoms with van der Waals surface area (Å²) in [5.41, 5.74) is 1.19.